The molecular weight excluding hydrogens is 216 g/mol. The summed E-state index contributed by atoms with van der Waals surface area (Å²) in [6, 6.07) is 0.269. The Morgan fingerprint density at radius 2 is 2.06 bits per heavy atom. The van der Waals surface area contributed by atoms with Crippen molar-refractivity contribution in [2.45, 2.75) is 58.7 Å². The van der Waals surface area contributed by atoms with Gasteiger partial charge in [-0.2, -0.15) is 0 Å². The van der Waals surface area contributed by atoms with Crippen LogP contribution >= 0.6 is 0 Å². The molecule has 0 radical (unpaired) electrons. The Labute approximate surface area is 104 Å². The van der Waals surface area contributed by atoms with E-state index in [1.54, 1.807) is 4.90 Å². The number of hydrogen-bond acceptors (Lipinski definition) is 3. The van der Waals surface area contributed by atoms with Gasteiger partial charge in [-0.3, -0.25) is 4.79 Å². The molecule has 0 bridgehead atoms. The molecule has 0 saturated carbocycles. The van der Waals surface area contributed by atoms with E-state index in [2.05, 4.69) is 19.2 Å². The monoisotopic (exact) mass is 242 g/mol. The van der Waals surface area contributed by atoms with Crippen molar-refractivity contribution in [3.63, 3.8) is 0 Å². The molecule has 2 unspecified atom stereocenters. The van der Waals surface area contributed by atoms with E-state index in [4.69, 9.17) is 0 Å². The molecule has 0 aliphatic carbocycles. The van der Waals surface area contributed by atoms with E-state index in [0.717, 1.165) is 19.4 Å². The molecule has 1 aliphatic heterocycles. The Morgan fingerprint density at radius 1 is 1.41 bits per heavy atom. The molecule has 1 amide bonds. The minimum atomic E-state index is -0.392. The van der Waals surface area contributed by atoms with Crippen LogP contribution in [0.4, 0.5) is 0 Å². The lowest BCUT2D eigenvalue weighted by Crippen LogP contribution is -2.43. The highest BCUT2D eigenvalue weighted by molar-refractivity contribution is 5.84. The topological polar surface area (TPSA) is 52.6 Å². The molecule has 2 N–H and O–H groups in total. The lowest BCUT2D eigenvalue weighted by atomic mass is 10.1. The summed E-state index contributed by atoms with van der Waals surface area (Å²) in [4.78, 5) is 13.8. The first kappa shape index (κ1) is 14.5. The predicted molar refractivity (Wildman–Crippen MR) is 68.7 cm³/mol. The largest absolute Gasteiger partial charge is 0.391 e. The number of β-amino-alcohol motifs (C(OH)–C–C–N with tert-alkyl or cyclic N) is 1. The Bertz CT molecular complexity index is 254. The van der Waals surface area contributed by atoms with Gasteiger partial charge < -0.3 is 15.3 Å². The number of carbonyl (C=O) groups is 1. The Kier molecular flexibility index (Phi) is 5.40. The van der Waals surface area contributed by atoms with Crippen molar-refractivity contribution in [1.82, 2.24) is 10.2 Å². The summed E-state index contributed by atoms with van der Waals surface area (Å²) in [5.41, 5.74) is 0. The molecule has 1 heterocycles. The number of nitrogens with zero attached hydrogens (tertiary/aromatic N) is 1. The fourth-order valence-corrected chi connectivity index (χ4v) is 2.35. The zero-order valence-electron chi connectivity index (χ0n) is 11.4. The van der Waals surface area contributed by atoms with Gasteiger partial charge in [0.1, 0.15) is 0 Å². The van der Waals surface area contributed by atoms with E-state index in [9.17, 15) is 9.90 Å². The smallest absolute Gasteiger partial charge is 0.239 e. The average Bonchev–Trinajstić information content (AvgIpc) is 2.48. The second kappa shape index (κ2) is 6.36. The molecule has 1 saturated heterocycles. The van der Waals surface area contributed by atoms with Crippen LogP contribution in [0.2, 0.25) is 0 Å². The molecule has 1 aliphatic rings. The summed E-state index contributed by atoms with van der Waals surface area (Å²) in [6.45, 7) is 9.50. The van der Waals surface area contributed by atoms with Crippen LogP contribution in [-0.4, -0.2) is 47.2 Å². The molecular formula is C13H26N2O2. The summed E-state index contributed by atoms with van der Waals surface area (Å²) in [7, 11) is 0. The van der Waals surface area contributed by atoms with Crippen molar-refractivity contribution in [1.29, 1.82) is 0 Å². The summed E-state index contributed by atoms with van der Waals surface area (Å²) in [5, 5.41) is 13.1. The second-order valence-electron chi connectivity index (χ2n) is 5.73. The predicted octanol–water partition coefficient (Wildman–Crippen LogP) is 0.992. The quantitative estimate of drug-likeness (QED) is 0.730. The van der Waals surface area contributed by atoms with Gasteiger partial charge in [0, 0.05) is 19.1 Å². The van der Waals surface area contributed by atoms with E-state index in [1.807, 2.05) is 13.8 Å². The zero-order chi connectivity index (χ0) is 13.0. The van der Waals surface area contributed by atoms with Crippen LogP contribution in [0.25, 0.3) is 0 Å². The van der Waals surface area contributed by atoms with Crippen molar-refractivity contribution < 1.29 is 9.90 Å². The first-order valence-electron chi connectivity index (χ1n) is 6.63. The highest BCUT2D eigenvalue weighted by Crippen LogP contribution is 2.14. The van der Waals surface area contributed by atoms with Gasteiger partial charge in [0.25, 0.3) is 0 Å². The van der Waals surface area contributed by atoms with Crippen LogP contribution < -0.4 is 5.32 Å². The summed E-state index contributed by atoms with van der Waals surface area (Å²) < 4.78 is 0. The molecule has 4 nitrogen and oxygen atoms in total. The van der Waals surface area contributed by atoms with Crippen molar-refractivity contribution in [3.05, 3.63) is 0 Å². The fourth-order valence-electron chi connectivity index (χ4n) is 2.35. The van der Waals surface area contributed by atoms with Crippen molar-refractivity contribution in [3.8, 4) is 0 Å². The van der Waals surface area contributed by atoms with Crippen LogP contribution in [0.3, 0.4) is 0 Å². The average molecular weight is 242 g/mol. The second-order valence-corrected chi connectivity index (χ2v) is 5.73. The molecule has 1 rings (SSSR count). The first-order valence-corrected chi connectivity index (χ1v) is 6.63. The highest BCUT2D eigenvalue weighted by atomic mass is 16.3. The lowest BCUT2D eigenvalue weighted by molar-refractivity contribution is -0.130. The number of rotatable bonds is 6. The molecule has 0 aromatic carbocycles. The van der Waals surface area contributed by atoms with Gasteiger partial charge >= 0.3 is 0 Å². The number of nitrogens with one attached hydrogen (secondary N) is 1. The number of hydrogen-bond donors (Lipinski definition) is 2. The summed E-state index contributed by atoms with van der Waals surface area (Å²) in [5.74, 6) is 0.605. The van der Waals surface area contributed by atoms with Gasteiger partial charge in [0.05, 0.1) is 12.1 Å². The molecule has 1 fully saturated rings. The first-order chi connectivity index (χ1) is 7.90. The van der Waals surface area contributed by atoms with Gasteiger partial charge in [-0.25, -0.2) is 0 Å². The molecule has 100 valence electrons. The summed E-state index contributed by atoms with van der Waals surface area (Å²) in [6.07, 6.45) is 1.22. The van der Waals surface area contributed by atoms with Gasteiger partial charge in [-0.15, -0.1) is 0 Å². The normalized spacial score (nSPS) is 22.9. The van der Waals surface area contributed by atoms with E-state index < -0.39 is 6.10 Å². The Morgan fingerprint density at radius 3 is 2.59 bits per heavy atom. The standard InChI is InChI=1S/C13H26N2O2/c1-9(2)7-11(16)8-15-6-5-12(13(15)17)14-10(3)4/h9-12,14,16H,5-8H2,1-4H3. The van der Waals surface area contributed by atoms with Gasteiger partial charge in [-0.1, -0.05) is 27.7 Å². The van der Waals surface area contributed by atoms with Crippen molar-refractivity contribution >= 4 is 5.91 Å². The molecule has 2 atom stereocenters. The van der Waals surface area contributed by atoms with Crippen LogP contribution in [0, 0.1) is 5.92 Å². The SMILES string of the molecule is CC(C)CC(O)CN1CCC(NC(C)C)C1=O. The third-order valence-corrected chi connectivity index (χ3v) is 3.01. The van der Waals surface area contributed by atoms with E-state index in [-0.39, 0.29) is 11.9 Å². The Hall–Kier alpha value is -0.610. The number of aliphatic hydroxyl groups is 1. The highest BCUT2D eigenvalue weighted by Gasteiger charge is 2.32. The van der Waals surface area contributed by atoms with Crippen molar-refractivity contribution in [2.24, 2.45) is 5.92 Å². The van der Waals surface area contributed by atoms with E-state index >= 15 is 0 Å². The van der Waals surface area contributed by atoms with Crippen LogP contribution in [0.15, 0.2) is 0 Å². The third-order valence-electron chi connectivity index (χ3n) is 3.01. The lowest BCUT2D eigenvalue weighted by Gasteiger charge is -2.22. The minimum absolute atomic E-state index is 0.0544. The van der Waals surface area contributed by atoms with Crippen LogP contribution in [0.1, 0.15) is 40.5 Å². The fraction of sp³-hybridized carbons (Fsp3) is 0.923. The van der Waals surface area contributed by atoms with Crippen LogP contribution in [-0.2, 0) is 4.79 Å². The van der Waals surface area contributed by atoms with Gasteiger partial charge in [-0.05, 0) is 18.8 Å². The maximum absolute atomic E-state index is 12.0. The molecule has 0 aromatic rings. The summed E-state index contributed by atoms with van der Waals surface area (Å²) >= 11 is 0. The maximum atomic E-state index is 12.0. The number of likely N-dealkylation sites (tertiary alicyclic amines) is 1. The van der Waals surface area contributed by atoms with Gasteiger partial charge in [0.15, 0.2) is 0 Å². The Balaban J connectivity index is 2.39. The number of aliphatic hydroxyl groups excluding tert-OH is 1. The number of amides is 1. The van der Waals surface area contributed by atoms with Crippen molar-refractivity contribution in [2.75, 3.05) is 13.1 Å². The zero-order valence-corrected chi connectivity index (χ0v) is 11.4. The maximum Gasteiger partial charge on any atom is 0.239 e. The molecule has 17 heavy (non-hydrogen) atoms. The number of carbonyl (C=O) groups excluding carboxylic acids is 1. The molecule has 0 spiro atoms. The minimum Gasteiger partial charge on any atom is -0.391 e. The van der Waals surface area contributed by atoms with E-state index in [0.29, 0.717) is 18.5 Å². The molecule has 0 aromatic heterocycles. The molecule has 4 heteroatoms. The van der Waals surface area contributed by atoms with Crippen LogP contribution in [0.5, 0.6) is 0 Å². The van der Waals surface area contributed by atoms with Gasteiger partial charge in [0.2, 0.25) is 5.91 Å². The van der Waals surface area contributed by atoms with E-state index in [1.165, 1.54) is 0 Å². The third kappa shape index (κ3) is 4.64.